The summed E-state index contributed by atoms with van der Waals surface area (Å²) in [6.45, 7) is -0.0713. The number of hydrogen-bond acceptors (Lipinski definition) is 3. The molecular formula is C15H19F3N2O2. The van der Waals surface area contributed by atoms with Crippen LogP contribution in [-0.2, 0) is 11.2 Å². The maximum atomic E-state index is 13.1. The number of alkyl halides is 3. The van der Waals surface area contributed by atoms with Gasteiger partial charge < -0.3 is 15.4 Å². The van der Waals surface area contributed by atoms with Crippen LogP contribution in [0.15, 0.2) is 24.3 Å². The number of carbonyl (C=O) groups is 1. The van der Waals surface area contributed by atoms with E-state index in [1.807, 2.05) is 0 Å². The quantitative estimate of drug-likeness (QED) is 0.929. The van der Waals surface area contributed by atoms with E-state index in [4.69, 9.17) is 10.5 Å². The summed E-state index contributed by atoms with van der Waals surface area (Å²) in [6.07, 6.45) is -4.45. The van der Waals surface area contributed by atoms with E-state index in [0.29, 0.717) is 11.3 Å². The fourth-order valence-corrected chi connectivity index (χ4v) is 2.73. The highest BCUT2D eigenvalue weighted by molar-refractivity contribution is 5.80. The minimum Gasteiger partial charge on any atom is -0.496 e. The number of nitrogens with zero attached hydrogens (tertiary/aromatic N) is 1. The summed E-state index contributed by atoms with van der Waals surface area (Å²) in [5.41, 5.74) is 6.30. The summed E-state index contributed by atoms with van der Waals surface area (Å²) < 4.78 is 44.4. The maximum absolute atomic E-state index is 13.1. The molecule has 1 aliphatic rings. The van der Waals surface area contributed by atoms with Gasteiger partial charge >= 0.3 is 6.18 Å². The third kappa shape index (κ3) is 3.71. The average Bonchev–Trinajstić information content (AvgIpc) is 2.46. The number of rotatable bonds is 3. The van der Waals surface area contributed by atoms with E-state index in [1.54, 1.807) is 24.3 Å². The van der Waals surface area contributed by atoms with Gasteiger partial charge in [0, 0.05) is 18.2 Å². The molecule has 1 aliphatic heterocycles. The fraction of sp³-hybridized carbons (Fsp3) is 0.533. The second-order valence-corrected chi connectivity index (χ2v) is 5.43. The minimum atomic E-state index is -4.43. The number of likely N-dealkylation sites (tertiary alicyclic amines) is 1. The van der Waals surface area contributed by atoms with Crippen LogP contribution in [0.3, 0.4) is 0 Å². The largest absolute Gasteiger partial charge is 0.496 e. The first-order valence-electron chi connectivity index (χ1n) is 7.06. The van der Waals surface area contributed by atoms with Gasteiger partial charge in [-0.15, -0.1) is 0 Å². The Hall–Kier alpha value is -1.76. The van der Waals surface area contributed by atoms with Crippen molar-refractivity contribution < 1.29 is 22.7 Å². The Kier molecular flexibility index (Phi) is 4.95. The van der Waals surface area contributed by atoms with Crippen LogP contribution in [-0.4, -0.2) is 42.7 Å². The van der Waals surface area contributed by atoms with Gasteiger partial charge in [0.2, 0.25) is 5.91 Å². The van der Waals surface area contributed by atoms with Gasteiger partial charge in [0.15, 0.2) is 0 Å². The molecule has 0 aliphatic carbocycles. The van der Waals surface area contributed by atoms with E-state index in [-0.39, 0.29) is 25.8 Å². The van der Waals surface area contributed by atoms with E-state index in [9.17, 15) is 18.0 Å². The monoisotopic (exact) mass is 316 g/mol. The Morgan fingerprint density at radius 1 is 1.36 bits per heavy atom. The molecule has 1 aromatic rings. The van der Waals surface area contributed by atoms with E-state index >= 15 is 0 Å². The Balaban J connectivity index is 2.18. The smallest absolute Gasteiger partial charge is 0.408 e. The van der Waals surface area contributed by atoms with E-state index in [2.05, 4.69) is 0 Å². The van der Waals surface area contributed by atoms with Crippen LogP contribution in [0, 0.1) is 0 Å². The van der Waals surface area contributed by atoms with Gasteiger partial charge in [0.25, 0.3) is 0 Å². The predicted molar refractivity (Wildman–Crippen MR) is 75.5 cm³/mol. The highest BCUT2D eigenvalue weighted by Crippen LogP contribution is 2.32. The molecule has 2 rings (SSSR count). The summed E-state index contributed by atoms with van der Waals surface area (Å²) in [4.78, 5) is 13.2. The lowest BCUT2D eigenvalue weighted by molar-refractivity contribution is -0.196. The second kappa shape index (κ2) is 6.56. The molecule has 0 saturated carbocycles. The van der Waals surface area contributed by atoms with Crippen LogP contribution in [0.5, 0.6) is 5.75 Å². The predicted octanol–water partition coefficient (Wildman–Crippen LogP) is 2.12. The number of para-hydroxylation sites is 1. The van der Waals surface area contributed by atoms with Gasteiger partial charge in [0.05, 0.1) is 13.5 Å². The Labute approximate surface area is 127 Å². The molecule has 2 N–H and O–H groups in total. The first kappa shape index (κ1) is 16.6. The van der Waals surface area contributed by atoms with Crippen LogP contribution >= 0.6 is 0 Å². The van der Waals surface area contributed by atoms with E-state index in [0.717, 1.165) is 4.90 Å². The molecular weight excluding hydrogens is 297 g/mol. The molecule has 4 nitrogen and oxygen atoms in total. The highest BCUT2D eigenvalue weighted by atomic mass is 19.4. The lowest BCUT2D eigenvalue weighted by Crippen LogP contribution is -2.57. The normalized spacial score (nSPS) is 22.5. The summed E-state index contributed by atoms with van der Waals surface area (Å²) in [5, 5.41) is 0. The molecule has 0 radical (unpaired) electrons. The van der Waals surface area contributed by atoms with Gasteiger partial charge in [-0.2, -0.15) is 13.2 Å². The van der Waals surface area contributed by atoms with E-state index in [1.165, 1.54) is 7.11 Å². The molecule has 0 spiro atoms. The molecule has 0 aromatic heterocycles. The molecule has 1 amide bonds. The average molecular weight is 316 g/mol. The SMILES string of the molecule is COc1ccccc1CC(=O)N1CC(N)CCC1C(F)(F)F. The van der Waals surface area contributed by atoms with Crippen molar-refractivity contribution in [2.24, 2.45) is 5.73 Å². The van der Waals surface area contributed by atoms with Crippen molar-refractivity contribution in [3.8, 4) is 5.75 Å². The zero-order valence-corrected chi connectivity index (χ0v) is 12.3. The third-order valence-corrected chi connectivity index (χ3v) is 3.85. The maximum Gasteiger partial charge on any atom is 0.408 e. The molecule has 7 heteroatoms. The zero-order chi connectivity index (χ0) is 16.3. The van der Waals surface area contributed by atoms with Crippen LogP contribution in [0.4, 0.5) is 13.2 Å². The van der Waals surface area contributed by atoms with Crippen LogP contribution in [0.25, 0.3) is 0 Å². The number of piperidine rings is 1. The molecule has 2 unspecified atom stereocenters. The number of hydrogen-bond donors (Lipinski definition) is 1. The number of nitrogens with two attached hydrogens (primary N) is 1. The van der Waals surface area contributed by atoms with Crippen LogP contribution < -0.4 is 10.5 Å². The summed E-state index contributed by atoms with van der Waals surface area (Å²) in [7, 11) is 1.46. The topological polar surface area (TPSA) is 55.6 Å². The van der Waals surface area contributed by atoms with Crippen molar-refractivity contribution in [2.75, 3.05) is 13.7 Å². The Morgan fingerprint density at radius 3 is 2.68 bits per heavy atom. The Bertz CT molecular complexity index is 534. The number of benzene rings is 1. The number of ether oxygens (including phenoxy) is 1. The van der Waals surface area contributed by atoms with Crippen molar-refractivity contribution in [1.29, 1.82) is 0 Å². The van der Waals surface area contributed by atoms with Gasteiger partial charge in [-0.05, 0) is 18.9 Å². The molecule has 0 bridgehead atoms. The molecule has 2 atom stereocenters. The molecule has 1 heterocycles. The number of methoxy groups -OCH3 is 1. The summed E-state index contributed by atoms with van der Waals surface area (Å²) >= 11 is 0. The van der Waals surface area contributed by atoms with Crippen LogP contribution in [0.2, 0.25) is 0 Å². The molecule has 22 heavy (non-hydrogen) atoms. The van der Waals surface area contributed by atoms with Gasteiger partial charge in [0.1, 0.15) is 11.8 Å². The van der Waals surface area contributed by atoms with Crippen molar-refractivity contribution in [3.63, 3.8) is 0 Å². The lowest BCUT2D eigenvalue weighted by Gasteiger charge is -2.39. The fourth-order valence-electron chi connectivity index (χ4n) is 2.73. The second-order valence-electron chi connectivity index (χ2n) is 5.43. The molecule has 1 saturated heterocycles. The van der Waals surface area contributed by atoms with Crippen molar-refractivity contribution in [3.05, 3.63) is 29.8 Å². The highest BCUT2D eigenvalue weighted by Gasteiger charge is 2.47. The zero-order valence-electron chi connectivity index (χ0n) is 12.3. The first-order valence-corrected chi connectivity index (χ1v) is 7.06. The van der Waals surface area contributed by atoms with E-state index < -0.39 is 24.2 Å². The summed E-state index contributed by atoms with van der Waals surface area (Å²) in [5.74, 6) is -0.0947. The number of carbonyl (C=O) groups excluding carboxylic acids is 1. The van der Waals surface area contributed by atoms with Crippen LogP contribution in [0.1, 0.15) is 18.4 Å². The van der Waals surface area contributed by atoms with Crippen molar-refractivity contribution >= 4 is 5.91 Å². The minimum absolute atomic E-state index is 0.0713. The van der Waals surface area contributed by atoms with Gasteiger partial charge in [-0.25, -0.2) is 0 Å². The lowest BCUT2D eigenvalue weighted by atomic mass is 9.97. The summed E-state index contributed by atoms with van der Waals surface area (Å²) in [6, 6.07) is 4.63. The molecule has 1 fully saturated rings. The van der Waals surface area contributed by atoms with Crippen molar-refractivity contribution in [2.45, 2.75) is 37.5 Å². The van der Waals surface area contributed by atoms with Crippen molar-refractivity contribution in [1.82, 2.24) is 4.90 Å². The first-order chi connectivity index (χ1) is 10.3. The standard InChI is InChI=1S/C15H19F3N2O2/c1-22-12-5-3-2-4-10(12)8-14(21)20-9-11(19)6-7-13(20)15(16,17)18/h2-5,11,13H,6-9,19H2,1H3. The number of amides is 1. The number of halogens is 3. The molecule has 1 aromatic carbocycles. The Morgan fingerprint density at radius 2 is 2.05 bits per heavy atom. The molecule has 122 valence electrons. The third-order valence-electron chi connectivity index (χ3n) is 3.85. The van der Waals surface area contributed by atoms with Gasteiger partial charge in [-0.3, -0.25) is 4.79 Å². The van der Waals surface area contributed by atoms with Gasteiger partial charge in [-0.1, -0.05) is 18.2 Å².